The third-order valence-corrected chi connectivity index (χ3v) is 5.36. The largest absolute Gasteiger partial charge is 0.410 e. The van der Waals surface area contributed by atoms with Gasteiger partial charge in [-0.15, -0.1) is 0 Å². The molecule has 0 bridgehead atoms. The number of carbonyl (C=O) groups is 3. The minimum Gasteiger partial charge on any atom is -0.407 e. The van der Waals surface area contributed by atoms with Crippen molar-refractivity contribution in [1.29, 1.82) is 0 Å². The summed E-state index contributed by atoms with van der Waals surface area (Å²) in [4.78, 5) is 37.5. The number of amides is 3. The first-order valence-corrected chi connectivity index (χ1v) is 9.74. The predicted octanol–water partition coefficient (Wildman–Crippen LogP) is 2.34. The van der Waals surface area contributed by atoms with E-state index in [-0.39, 0.29) is 18.9 Å². The second-order valence-corrected chi connectivity index (χ2v) is 7.45. The maximum absolute atomic E-state index is 13.7. The summed E-state index contributed by atoms with van der Waals surface area (Å²) in [7, 11) is 0. The molecule has 1 atom stereocenters. The highest BCUT2D eigenvalue weighted by molar-refractivity contribution is 6.02. The third-order valence-electron chi connectivity index (χ3n) is 5.36. The van der Waals surface area contributed by atoms with Crippen molar-refractivity contribution in [1.82, 2.24) is 5.32 Å². The van der Waals surface area contributed by atoms with Crippen LogP contribution >= 0.6 is 0 Å². The molecule has 0 radical (unpaired) electrons. The van der Waals surface area contributed by atoms with Gasteiger partial charge in [-0.05, 0) is 42.3 Å². The van der Waals surface area contributed by atoms with Gasteiger partial charge in [0.05, 0.1) is 6.54 Å². The number of hydrogen-bond donors (Lipinski definition) is 3. The molecule has 0 unspecified atom stereocenters. The van der Waals surface area contributed by atoms with E-state index in [9.17, 15) is 32.7 Å². The van der Waals surface area contributed by atoms with Gasteiger partial charge in [-0.3, -0.25) is 9.59 Å². The quantitative estimate of drug-likeness (QED) is 0.491. The zero-order chi connectivity index (χ0) is 23.0. The van der Waals surface area contributed by atoms with E-state index in [1.54, 1.807) is 18.2 Å². The fraction of sp³-hybridized carbons (Fsp3) is 0.286. The molecule has 32 heavy (non-hydrogen) atoms. The summed E-state index contributed by atoms with van der Waals surface area (Å²) in [5, 5.41) is 15.3. The van der Waals surface area contributed by atoms with Crippen LogP contribution in [0, 0.1) is 17.5 Å². The van der Waals surface area contributed by atoms with Crippen molar-refractivity contribution in [3.05, 3.63) is 58.9 Å². The summed E-state index contributed by atoms with van der Waals surface area (Å²) in [6, 6.07) is 6.24. The Labute approximate surface area is 180 Å². The lowest BCUT2D eigenvalue weighted by Crippen LogP contribution is -2.46. The second-order valence-electron chi connectivity index (χ2n) is 7.45. The number of carbonyl (C=O) groups excluding carboxylic acids is 3. The predicted molar refractivity (Wildman–Crippen MR) is 105 cm³/mol. The molecule has 2 aliphatic rings. The lowest BCUT2D eigenvalue weighted by Gasteiger charge is -2.24. The SMILES string of the molecule is O=C1CCc2cc(N3CC[C@](O)(OC(=O)NCc4c(F)ccc(F)c4F)C3=O)ccc2N1. The zero-order valence-corrected chi connectivity index (χ0v) is 16.6. The van der Waals surface area contributed by atoms with E-state index in [0.29, 0.717) is 36.3 Å². The number of aryl methyl sites for hydroxylation is 1. The van der Waals surface area contributed by atoms with Crippen LogP contribution < -0.4 is 15.5 Å². The number of ether oxygens (including phenoxy) is 1. The Bertz CT molecular complexity index is 1130. The Morgan fingerprint density at radius 3 is 2.69 bits per heavy atom. The maximum Gasteiger partial charge on any atom is 0.410 e. The van der Waals surface area contributed by atoms with Crippen molar-refractivity contribution in [3.63, 3.8) is 0 Å². The first-order chi connectivity index (χ1) is 15.2. The summed E-state index contributed by atoms with van der Waals surface area (Å²) in [5.41, 5.74) is 1.19. The van der Waals surface area contributed by atoms with Crippen molar-refractivity contribution in [2.75, 3.05) is 16.8 Å². The summed E-state index contributed by atoms with van der Waals surface area (Å²) in [6.07, 6.45) is -0.744. The average molecular weight is 449 g/mol. The smallest absolute Gasteiger partial charge is 0.407 e. The molecule has 0 aliphatic carbocycles. The van der Waals surface area contributed by atoms with Crippen molar-refractivity contribution in [3.8, 4) is 0 Å². The molecular weight excluding hydrogens is 431 g/mol. The molecule has 11 heteroatoms. The molecule has 0 spiro atoms. The van der Waals surface area contributed by atoms with Crippen LogP contribution in [-0.2, 0) is 27.3 Å². The van der Waals surface area contributed by atoms with Gasteiger partial charge in [0.15, 0.2) is 11.6 Å². The van der Waals surface area contributed by atoms with E-state index in [1.165, 1.54) is 4.90 Å². The Morgan fingerprint density at radius 2 is 1.91 bits per heavy atom. The molecule has 2 heterocycles. The number of nitrogens with one attached hydrogen (secondary N) is 2. The van der Waals surface area contributed by atoms with Gasteiger partial charge < -0.3 is 25.4 Å². The van der Waals surface area contributed by atoms with E-state index in [1.807, 2.05) is 5.32 Å². The maximum atomic E-state index is 13.7. The van der Waals surface area contributed by atoms with E-state index in [4.69, 9.17) is 4.74 Å². The molecule has 1 fully saturated rings. The number of alkyl carbamates (subject to hydrolysis) is 1. The van der Waals surface area contributed by atoms with Crippen LogP contribution in [0.1, 0.15) is 24.0 Å². The Balaban J connectivity index is 1.42. The number of anilines is 2. The first-order valence-electron chi connectivity index (χ1n) is 9.74. The zero-order valence-electron chi connectivity index (χ0n) is 16.6. The van der Waals surface area contributed by atoms with Gasteiger partial charge in [-0.1, -0.05) is 0 Å². The fourth-order valence-corrected chi connectivity index (χ4v) is 3.64. The first kappa shape index (κ1) is 21.6. The number of nitrogens with zero attached hydrogens (tertiary/aromatic N) is 1. The van der Waals surface area contributed by atoms with Gasteiger partial charge in [-0.25, -0.2) is 18.0 Å². The molecule has 3 amide bonds. The molecule has 168 valence electrons. The average Bonchev–Trinajstić information content (AvgIpc) is 3.04. The summed E-state index contributed by atoms with van der Waals surface area (Å²) >= 11 is 0. The van der Waals surface area contributed by atoms with E-state index < -0.39 is 47.3 Å². The molecule has 4 rings (SSSR count). The van der Waals surface area contributed by atoms with Crippen LogP contribution in [0.5, 0.6) is 0 Å². The Kier molecular flexibility index (Phi) is 5.51. The molecule has 2 aliphatic heterocycles. The van der Waals surface area contributed by atoms with Crippen LogP contribution in [-0.4, -0.2) is 35.3 Å². The van der Waals surface area contributed by atoms with Gasteiger partial charge in [0, 0.05) is 36.3 Å². The lowest BCUT2D eigenvalue weighted by molar-refractivity contribution is -0.175. The highest BCUT2D eigenvalue weighted by Crippen LogP contribution is 2.33. The number of fused-ring (bicyclic) bond motifs is 1. The van der Waals surface area contributed by atoms with Crippen LogP contribution in [0.2, 0.25) is 0 Å². The van der Waals surface area contributed by atoms with Crippen molar-refractivity contribution >= 4 is 29.3 Å². The highest BCUT2D eigenvalue weighted by Gasteiger charge is 2.49. The summed E-state index contributed by atoms with van der Waals surface area (Å²) < 4.78 is 45.5. The number of rotatable bonds is 4. The molecule has 8 nitrogen and oxygen atoms in total. The van der Waals surface area contributed by atoms with E-state index in [0.717, 1.165) is 5.56 Å². The van der Waals surface area contributed by atoms with Gasteiger partial charge >= 0.3 is 6.09 Å². The molecule has 0 saturated carbocycles. The van der Waals surface area contributed by atoms with Gasteiger partial charge in [-0.2, -0.15) is 0 Å². The number of hydrogen-bond acceptors (Lipinski definition) is 5. The van der Waals surface area contributed by atoms with Crippen LogP contribution in [0.15, 0.2) is 30.3 Å². The number of benzene rings is 2. The summed E-state index contributed by atoms with van der Waals surface area (Å²) in [6.45, 7) is -0.709. The standard InChI is InChI=1S/C21H18F3N3O5/c22-14-3-4-15(23)18(24)13(14)10-25-20(30)32-21(31)7-8-27(19(21)29)12-2-5-16-11(9-12)1-6-17(28)26-16/h2-5,9,31H,1,6-8,10H2,(H,25,30)(H,26,28)/t21-/m0/s1. The van der Waals surface area contributed by atoms with Crippen LogP contribution in [0.4, 0.5) is 29.3 Å². The lowest BCUT2D eigenvalue weighted by atomic mass is 10.0. The minimum atomic E-state index is -2.48. The van der Waals surface area contributed by atoms with Gasteiger partial charge in [0.25, 0.3) is 11.7 Å². The monoisotopic (exact) mass is 449 g/mol. The Morgan fingerprint density at radius 1 is 1.16 bits per heavy atom. The van der Waals surface area contributed by atoms with E-state index >= 15 is 0 Å². The highest BCUT2D eigenvalue weighted by atomic mass is 19.2. The van der Waals surface area contributed by atoms with E-state index in [2.05, 4.69) is 5.32 Å². The fourth-order valence-electron chi connectivity index (χ4n) is 3.64. The minimum absolute atomic E-state index is 0.0426. The molecular formula is C21H18F3N3O5. The summed E-state index contributed by atoms with van der Waals surface area (Å²) in [5.74, 6) is -7.30. The molecule has 2 aromatic carbocycles. The molecule has 2 aromatic rings. The Hall–Kier alpha value is -3.60. The van der Waals surface area contributed by atoms with Crippen LogP contribution in [0.25, 0.3) is 0 Å². The third kappa shape index (κ3) is 3.98. The molecule has 1 saturated heterocycles. The van der Waals surface area contributed by atoms with Crippen molar-refractivity contribution in [2.45, 2.75) is 31.6 Å². The second kappa shape index (κ2) is 8.15. The normalized spacial score (nSPS) is 20.1. The number of aliphatic hydroxyl groups is 1. The number of halogens is 3. The molecule has 0 aromatic heterocycles. The topological polar surface area (TPSA) is 108 Å². The van der Waals surface area contributed by atoms with Gasteiger partial charge in [0.1, 0.15) is 5.82 Å². The van der Waals surface area contributed by atoms with Crippen molar-refractivity contribution < 1.29 is 37.4 Å². The van der Waals surface area contributed by atoms with Gasteiger partial charge in [0.2, 0.25) is 5.91 Å². The molecule has 3 N–H and O–H groups in total. The van der Waals surface area contributed by atoms with Crippen LogP contribution in [0.3, 0.4) is 0 Å². The van der Waals surface area contributed by atoms with Crippen molar-refractivity contribution in [2.24, 2.45) is 0 Å².